The molecule has 0 unspecified atom stereocenters. The number of oxime groups is 1. The average Bonchev–Trinajstić information content (AvgIpc) is 3.03. The molecular weight excluding hydrogens is 526 g/mol. The SMILES string of the molecule is COc1ccc(/C(C)=N\OCC(=O)N=Nc2c(O)n(CN3CCCCCC3)c3ccc(Br)cc23)cc1. The Labute approximate surface area is 218 Å². The zero-order valence-corrected chi connectivity index (χ0v) is 22.1. The summed E-state index contributed by atoms with van der Waals surface area (Å²) in [6.07, 6.45) is 4.75. The van der Waals surface area contributed by atoms with E-state index < -0.39 is 5.91 Å². The third kappa shape index (κ3) is 6.30. The van der Waals surface area contributed by atoms with Crippen LogP contribution >= 0.6 is 15.9 Å². The molecule has 1 aliphatic heterocycles. The van der Waals surface area contributed by atoms with E-state index in [4.69, 9.17) is 9.57 Å². The Bertz CT molecular complexity index is 1260. The fourth-order valence-electron chi connectivity index (χ4n) is 4.22. The molecule has 0 radical (unpaired) electrons. The lowest BCUT2D eigenvalue weighted by Crippen LogP contribution is -2.27. The second-order valence-electron chi connectivity index (χ2n) is 8.71. The summed E-state index contributed by atoms with van der Waals surface area (Å²) in [7, 11) is 1.60. The van der Waals surface area contributed by atoms with Crippen molar-refractivity contribution < 1.29 is 19.5 Å². The van der Waals surface area contributed by atoms with Gasteiger partial charge in [-0.05, 0) is 80.9 Å². The number of benzene rings is 2. The van der Waals surface area contributed by atoms with E-state index in [2.05, 4.69) is 36.2 Å². The number of carbonyl (C=O) groups is 1. The smallest absolute Gasteiger partial charge is 0.304 e. The summed E-state index contributed by atoms with van der Waals surface area (Å²) in [6, 6.07) is 13.1. The van der Waals surface area contributed by atoms with Gasteiger partial charge < -0.3 is 14.7 Å². The number of halogens is 1. The van der Waals surface area contributed by atoms with E-state index >= 15 is 0 Å². The van der Waals surface area contributed by atoms with E-state index in [1.165, 1.54) is 12.8 Å². The van der Waals surface area contributed by atoms with Gasteiger partial charge in [0.25, 0.3) is 0 Å². The van der Waals surface area contributed by atoms with E-state index in [1.807, 2.05) is 47.0 Å². The van der Waals surface area contributed by atoms with Gasteiger partial charge in [0, 0.05) is 9.86 Å². The van der Waals surface area contributed by atoms with Crippen LogP contribution in [0.3, 0.4) is 0 Å². The van der Waals surface area contributed by atoms with Gasteiger partial charge in [-0.25, -0.2) is 0 Å². The Kier molecular flexibility index (Phi) is 8.71. The molecule has 4 rings (SSSR count). The van der Waals surface area contributed by atoms with Gasteiger partial charge in [-0.1, -0.05) is 33.9 Å². The van der Waals surface area contributed by atoms with E-state index in [0.717, 1.165) is 47.2 Å². The molecule has 2 aromatic carbocycles. The van der Waals surface area contributed by atoms with Crippen molar-refractivity contribution >= 4 is 44.1 Å². The number of amides is 1. The van der Waals surface area contributed by atoms with Crippen LogP contribution in [0, 0.1) is 0 Å². The fraction of sp³-hybridized carbons (Fsp3) is 0.385. The lowest BCUT2D eigenvalue weighted by Gasteiger charge is -2.21. The molecule has 1 aliphatic rings. The first kappa shape index (κ1) is 25.8. The van der Waals surface area contributed by atoms with E-state index in [1.54, 1.807) is 14.0 Å². The lowest BCUT2D eigenvalue weighted by molar-refractivity contribution is -0.122. The van der Waals surface area contributed by atoms with Gasteiger partial charge in [-0.3, -0.25) is 14.3 Å². The topological polar surface area (TPSA) is 101 Å². The van der Waals surface area contributed by atoms with Gasteiger partial charge in [0.2, 0.25) is 5.88 Å². The van der Waals surface area contributed by atoms with Crippen LogP contribution in [-0.2, 0) is 16.3 Å². The van der Waals surface area contributed by atoms with Crippen molar-refractivity contribution in [2.24, 2.45) is 15.4 Å². The normalized spacial score (nSPS) is 15.4. The third-order valence-electron chi connectivity index (χ3n) is 6.17. The second-order valence-corrected chi connectivity index (χ2v) is 9.62. The zero-order chi connectivity index (χ0) is 25.5. The summed E-state index contributed by atoms with van der Waals surface area (Å²) >= 11 is 3.48. The molecule has 0 atom stereocenters. The quantitative estimate of drug-likeness (QED) is 0.208. The van der Waals surface area contributed by atoms with Gasteiger partial charge in [0.1, 0.15) is 5.75 Å². The molecule has 0 bridgehead atoms. The predicted molar refractivity (Wildman–Crippen MR) is 142 cm³/mol. The van der Waals surface area contributed by atoms with Crippen LogP contribution in [0.5, 0.6) is 11.6 Å². The Balaban J connectivity index is 1.46. The van der Waals surface area contributed by atoms with Crippen molar-refractivity contribution in [2.45, 2.75) is 39.3 Å². The summed E-state index contributed by atoms with van der Waals surface area (Å²) in [6.45, 7) is 3.93. The number of rotatable bonds is 8. The summed E-state index contributed by atoms with van der Waals surface area (Å²) in [5.74, 6) is 0.119. The molecule has 0 aliphatic carbocycles. The fourth-order valence-corrected chi connectivity index (χ4v) is 4.58. The Morgan fingerprint density at radius 3 is 2.50 bits per heavy atom. The van der Waals surface area contributed by atoms with Crippen LogP contribution in [0.1, 0.15) is 38.2 Å². The molecule has 1 N–H and O–H groups in total. The number of fused-ring (bicyclic) bond motifs is 1. The Morgan fingerprint density at radius 2 is 1.81 bits per heavy atom. The Morgan fingerprint density at radius 1 is 1.08 bits per heavy atom. The van der Waals surface area contributed by atoms with Gasteiger partial charge in [-0.15, -0.1) is 10.2 Å². The highest BCUT2D eigenvalue weighted by Gasteiger charge is 2.20. The molecule has 9 nitrogen and oxygen atoms in total. The van der Waals surface area contributed by atoms with Gasteiger partial charge in [-0.2, -0.15) is 0 Å². The maximum atomic E-state index is 12.3. The maximum Gasteiger partial charge on any atom is 0.304 e. The summed E-state index contributed by atoms with van der Waals surface area (Å²) in [4.78, 5) is 19.8. The number of methoxy groups -OCH3 is 1. The number of aromatic nitrogens is 1. The van der Waals surface area contributed by atoms with Crippen molar-refractivity contribution in [3.05, 3.63) is 52.5 Å². The molecule has 1 amide bonds. The molecular formula is C26H30BrN5O4. The standard InChI is InChI=1S/C26H30BrN5O4/c1-18(19-7-10-21(35-2)11-8-19)30-36-16-24(33)28-29-25-22-15-20(27)9-12-23(22)32(26(25)34)17-31-13-5-3-4-6-14-31/h7-12,15,34H,3-6,13-14,16-17H2,1-2H3/b29-28?,30-18-. The van der Waals surface area contributed by atoms with Crippen LogP contribution in [0.2, 0.25) is 0 Å². The highest BCUT2D eigenvalue weighted by Crippen LogP contribution is 2.40. The maximum absolute atomic E-state index is 12.3. The minimum atomic E-state index is -0.607. The molecule has 36 heavy (non-hydrogen) atoms. The number of likely N-dealkylation sites (tertiary alicyclic amines) is 1. The molecule has 2 heterocycles. The molecule has 0 saturated carbocycles. The number of aromatic hydroxyl groups is 1. The first-order valence-electron chi connectivity index (χ1n) is 11.9. The summed E-state index contributed by atoms with van der Waals surface area (Å²) in [5.41, 5.74) is 2.55. The predicted octanol–water partition coefficient (Wildman–Crippen LogP) is 6.00. The molecule has 1 saturated heterocycles. The van der Waals surface area contributed by atoms with Crippen molar-refractivity contribution in [3.63, 3.8) is 0 Å². The molecule has 1 aromatic heterocycles. The minimum Gasteiger partial charge on any atom is -0.497 e. The first-order valence-corrected chi connectivity index (χ1v) is 12.7. The average molecular weight is 556 g/mol. The van der Waals surface area contributed by atoms with Crippen LogP contribution in [0.25, 0.3) is 10.9 Å². The van der Waals surface area contributed by atoms with Crippen LogP contribution in [0.15, 0.2) is 62.3 Å². The second kappa shape index (κ2) is 12.1. The monoisotopic (exact) mass is 555 g/mol. The van der Waals surface area contributed by atoms with Crippen LogP contribution < -0.4 is 4.74 Å². The van der Waals surface area contributed by atoms with E-state index in [-0.39, 0.29) is 18.2 Å². The van der Waals surface area contributed by atoms with Crippen LogP contribution in [0.4, 0.5) is 5.69 Å². The molecule has 1 fully saturated rings. The van der Waals surface area contributed by atoms with Crippen molar-refractivity contribution in [1.29, 1.82) is 0 Å². The van der Waals surface area contributed by atoms with E-state index in [9.17, 15) is 9.90 Å². The number of azo groups is 1. The number of carbonyl (C=O) groups excluding carboxylic acids is 1. The van der Waals surface area contributed by atoms with Gasteiger partial charge in [0.05, 0.1) is 25.0 Å². The number of ether oxygens (including phenoxy) is 1. The first-order chi connectivity index (χ1) is 17.5. The molecule has 0 spiro atoms. The highest BCUT2D eigenvalue weighted by molar-refractivity contribution is 9.10. The Hall–Kier alpha value is -3.24. The zero-order valence-electron chi connectivity index (χ0n) is 20.5. The number of hydrogen-bond donors (Lipinski definition) is 1. The summed E-state index contributed by atoms with van der Waals surface area (Å²) < 4.78 is 7.82. The molecule has 3 aromatic rings. The number of hydrogen-bond acceptors (Lipinski definition) is 7. The molecule has 190 valence electrons. The number of nitrogens with zero attached hydrogens (tertiary/aromatic N) is 5. The van der Waals surface area contributed by atoms with Crippen molar-refractivity contribution in [2.75, 3.05) is 26.8 Å². The summed E-state index contributed by atoms with van der Waals surface area (Å²) in [5, 5.41) is 23.6. The highest BCUT2D eigenvalue weighted by atomic mass is 79.9. The molecule has 10 heteroatoms. The largest absolute Gasteiger partial charge is 0.497 e. The van der Waals surface area contributed by atoms with Crippen molar-refractivity contribution in [1.82, 2.24) is 9.47 Å². The van der Waals surface area contributed by atoms with Crippen molar-refractivity contribution in [3.8, 4) is 11.6 Å². The van der Waals surface area contributed by atoms with E-state index in [0.29, 0.717) is 17.8 Å². The lowest BCUT2D eigenvalue weighted by atomic mass is 10.1. The van der Waals surface area contributed by atoms with Gasteiger partial charge >= 0.3 is 5.91 Å². The van der Waals surface area contributed by atoms with Gasteiger partial charge in [0.15, 0.2) is 12.3 Å². The third-order valence-corrected chi connectivity index (χ3v) is 6.66. The minimum absolute atomic E-state index is 0.0156. The van der Waals surface area contributed by atoms with Crippen LogP contribution in [-0.4, -0.2) is 53.0 Å².